The molecule has 1 aliphatic rings. The minimum Gasteiger partial charge on any atom is -0.478 e. The molecule has 0 aromatic heterocycles. The van der Waals surface area contributed by atoms with Crippen LogP contribution in [-0.2, 0) is 9.53 Å². The van der Waals surface area contributed by atoms with Gasteiger partial charge in [-0.1, -0.05) is 54.6 Å². The summed E-state index contributed by atoms with van der Waals surface area (Å²) in [7, 11) is 1.53. The number of nitrogens with one attached hydrogen (secondary N) is 1. The summed E-state index contributed by atoms with van der Waals surface area (Å²) < 4.78 is 5.50. The van der Waals surface area contributed by atoms with Crippen LogP contribution < -0.4 is 10.2 Å². The van der Waals surface area contributed by atoms with E-state index in [0.717, 1.165) is 22.3 Å². The topological polar surface area (TPSA) is 95.9 Å². The molecular formula is C26H24N2O5. The smallest absolute Gasteiger partial charge is 0.407 e. The molecule has 33 heavy (non-hydrogen) atoms. The molecule has 7 nitrogen and oxygen atoms in total. The first-order valence-corrected chi connectivity index (χ1v) is 10.6. The predicted octanol–water partition coefficient (Wildman–Crippen LogP) is 4.27. The standard InChI is InChI=1S/C26H24N2O5/c1-16(24(29)28(2)18-9-7-8-17(14-18)25(30)31)27-26(32)33-15-23-21-12-5-3-10-19(21)20-11-4-6-13-22(20)23/h3-14,16,23H,15H2,1-2H3,(H,27,32)(H,30,31)/t16-/m1/s1. The van der Waals surface area contributed by atoms with Gasteiger partial charge in [-0.2, -0.15) is 0 Å². The Morgan fingerprint density at radius 1 is 0.970 bits per heavy atom. The molecule has 4 rings (SSSR count). The summed E-state index contributed by atoms with van der Waals surface area (Å²) in [4.78, 5) is 37.7. The Morgan fingerprint density at radius 2 is 1.58 bits per heavy atom. The van der Waals surface area contributed by atoms with Crippen LogP contribution in [0.5, 0.6) is 0 Å². The van der Waals surface area contributed by atoms with Gasteiger partial charge in [0.25, 0.3) is 0 Å². The van der Waals surface area contributed by atoms with Gasteiger partial charge in [-0.3, -0.25) is 4.79 Å². The lowest BCUT2D eigenvalue weighted by Gasteiger charge is -2.22. The highest BCUT2D eigenvalue weighted by molar-refractivity contribution is 5.99. The van der Waals surface area contributed by atoms with Crippen molar-refractivity contribution in [2.45, 2.75) is 18.9 Å². The van der Waals surface area contributed by atoms with Crippen LogP contribution in [0.25, 0.3) is 11.1 Å². The molecule has 0 spiro atoms. The minimum absolute atomic E-state index is 0.0734. The second-order valence-corrected chi connectivity index (χ2v) is 7.94. The molecule has 0 unspecified atom stereocenters. The fourth-order valence-corrected chi connectivity index (χ4v) is 4.14. The van der Waals surface area contributed by atoms with E-state index in [4.69, 9.17) is 9.84 Å². The van der Waals surface area contributed by atoms with E-state index in [1.54, 1.807) is 19.1 Å². The Balaban J connectivity index is 1.39. The van der Waals surface area contributed by atoms with Gasteiger partial charge < -0.3 is 20.1 Å². The Kier molecular flexibility index (Phi) is 6.13. The Bertz CT molecular complexity index is 1180. The van der Waals surface area contributed by atoms with E-state index in [0.29, 0.717) is 5.69 Å². The fourth-order valence-electron chi connectivity index (χ4n) is 4.14. The molecule has 1 aliphatic carbocycles. The number of alkyl carbamates (subject to hydrolysis) is 1. The monoisotopic (exact) mass is 444 g/mol. The van der Waals surface area contributed by atoms with Crippen molar-refractivity contribution >= 4 is 23.7 Å². The van der Waals surface area contributed by atoms with Crippen LogP contribution in [-0.4, -0.2) is 42.8 Å². The summed E-state index contributed by atoms with van der Waals surface area (Å²) in [6, 6.07) is 21.3. The molecule has 0 aliphatic heterocycles. The van der Waals surface area contributed by atoms with Gasteiger partial charge in [0.05, 0.1) is 5.56 Å². The van der Waals surface area contributed by atoms with Gasteiger partial charge in [0.2, 0.25) is 5.91 Å². The third-order valence-electron chi connectivity index (χ3n) is 5.86. The zero-order valence-electron chi connectivity index (χ0n) is 18.3. The number of ether oxygens (including phenoxy) is 1. The molecule has 2 amide bonds. The second kappa shape index (κ2) is 9.16. The first kappa shape index (κ1) is 22.1. The van der Waals surface area contributed by atoms with Gasteiger partial charge in [0, 0.05) is 18.7 Å². The largest absolute Gasteiger partial charge is 0.478 e. The van der Waals surface area contributed by atoms with Crippen molar-refractivity contribution in [1.82, 2.24) is 5.32 Å². The quantitative estimate of drug-likeness (QED) is 0.592. The van der Waals surface area contributed by atoms with Gasteiger partial charge >= 0.3 is 12.1 Å². The molecule has 0 saturated heterocycles. The molecule has 7 heteroatoms. The normalized spacial score (nSPS) is 12.9. The Labute approximate surface area is 191 Å². The van der Waals surface area contributed by atoms with E-state index >= 15 is 0 Å². The van der Waals surface area contributed by atoms with Crippen LogP contribution in [0.1, 0.15) is 34.3 Å². The molecule has 0 heterocycles. The van der Waals surface area contributed by atoms with Crippen molar-refractivity contribution in [3.63, 3.8) is 0 Å². The molecule has 0 saturated carbocycles. The van der Waals surface area contributed by atoms with Crippen LogP contribution in [0, 0.1) is 0 Å². The summed E-state index contributed by atoms with van der Waals surface area (Å²) >= 11 is 0. The van der Waals surface area contributed by atoms with Gasteiger partial charge in [0.1, 0.15) is 12.6 Å². The summed E-state index contributed by atoms with van der Waals surface area (Å²) in [5.41, 5.74) is 4.97. The molecule has 0 fully saturated rings. The van der Waals surface area contributed by atoms with Crippen molar-refractivity contribution in [3.8, 4) is 11.1 Å². The summed E-state index contributed by atoms with van der Waals surface area (Å²) in [5.74, 6) is -1.55. The number of hydrogen-bond acceptors (Lipinski definition) is 4. The molecule has 168 valence electrons. The van der Waals surface area contributed by atoms with E-state index in [1.807, 2.05) is 36.4 Å². The number of hydrogen-bond donors (Lipinski definition) is 2. The summed E-state index contributed by atoms with van der Waals surface area (Å²) in [6.07, 6.45) is -0.689. The van der Waals surface area contributed by atoms with Crippen molar-refractivity contribution in [1.29, 1.82) is 0 Å². The van der Waals surface area contributed by atoms with Gasteiger partial charge in [-0.05, 0) is 47.4 Å². The van der Waals surface area contributed by atoms with Crippen LogP contribution in [0.3, 0.4) is 0 Å². The van der Waals surface area contributed by atoms with Gasteiger partial charge in [0.15, 0.2) is 0 Å². The van der Waals surface area contributed by atoms with E-state index in [9.17, 15) is 14.4 Å². The zero-order chi connectivity index (χ0) is 23.5. The zero-order valence-corrected chi connectivity index (χ0v) is 18.3. The number of carbonyl (C=O) groups is 3. The number of amides is 2. The van der Waals surface area contributed by atoms with E-state index in [1.165, 1.54) is 24.1 Å². The highest BCUT2D eigenvalue weighted by Crippen LogP contribution is 2.44. The number of fused-ring (bicyclic) bond motifs is 3. The van der Waals surface area contributed by atoms with Crippen molar-refractivity contribution < 1.29 is 24.2 Å². The average Bonchev–Trinajstić information content (AvgIpc) is 3.15. The number of carbonyl (C=O) groups excluding carboxylic acids is 2. The van der Waals surface area contributed by atoms with E-state index in [2.05, 4.69) is 17.4 Å². The van der Waals surface area contributed by atoms with E-state index in [-0.39, 0.29) is 18.1 Å². The predicted molar refractivity (Wildman–Crippen MR) is 124 cm³/mol. The highest BCUT2D eigenvalue weighted by Gasteiger charge is 2.29. The maximum absolute atomic E-state index is 12.8. The lowest BCUT2D eigenvalue weighted by molar-refractivity contribution is -0.119. The number of likely N-dealkylation sites (N-methyl/N-ethyl adjacent to an activating group) is 1. The number of carboxylic acids is 1. The molecule has 1 atom stereocenters. The van der Waals surface area contributed by atoms with E-state index < -0.39 is 24.0 Å². The minimum atomic E-state index is -1.08. The maximum Gasteiger partial charge on any atom is 0.407 e. The Morgan fingerprint density at radius 3 is 2.18 bits per heavy atom. The molecule has 0 radical (unpaired) electrons. The molecule has 2 N–H and O–H groups in total. The van der Waals surface area contributed by atoms with Crippen LogP contribution in [0.15, 0.2) is 72.8 Å². The first-order chi connectivity index (χ1) is 15.9. The second-order valence-electron chi connectivity index (χ2n) is 7.94. The van der Waals surface area contributed by atoms with Crippen molar-refractivity contribution in [2.75, 3.05) is 18.6 Å². The summed E-state index contributed by atoms with van der Waals surface area (Å²) in [6.45, 7) is 1.71. The highest BCUT2D eigenvalue weighted by atomic mass is 16.5. The van der Waals surface area contributed by atoms with Crippen LogP contribution in [0.4, 0.5) is 10.5 Å². The molecule has 0 bridgehead atoms. The average molecular weight is 444 g/mol. The third-order valence-corrected chi connectivity index (χ3v) is 5.86. The SMILES string of the molecule is C[C@@H](NC(=O)OCC1c2ccccc2-c2ccccc21)C(=O)N(C)c1cccc(C(=O)O)c1. The van der Waals surface area contributed by atoms with Crippen LogP contribution >= 0.6 is 0 Å². The third kappa shape index (κ3) is 4.43. The number of rotatable bonds is 6. The van der Waals surface area contributed by atoms with Crippen molar-refractivity contribution in [2.24, 2.45) is 0 Å². The first-order valence-electron chi connectivity index (χ1n) is 10.6. The molecule has 3 aromatic rings. The number of anilines is 1. The van der Waals surface area contributed by atoms with Gasteiger partial charge in [-0.25, -0.2) is 9.59 Å². The number of nitrogens with zero attached hydrogens (tertiary/aromatic N) is 1. The molecular weight excluding hydrogens is 420 g/mol. The van der Waals surface area contributed by atoms with Crippen LogP contribution in [0.2, 0.25) is 0 Å². The lowest BCUT2D eigenvalue weighted by Crippen LogP contribution is -2.46. The Hall–Kier alpha value is -4.13. The maximum atomic E-state index is 12.8. The number of benzene rings is 3. The molecule has 3 aromatic carbocycles. The van der Waals surface area contributed by atoms with Crippen molar-refractivity contribution in [3.05, 3.63) is 89.5 Å². The van der Waals surface area contributed by atoms with Gasteiger partial charge in [-0.15, -0.1) is 0 Å². The summed E-state index contributed by atoms with van der Waals surface area (Å²) in [5, 5.41) is 11.7. The lowest BCUT2D eigenvalue weighted by atomic mass is 9.98. The number of carboxylic acid groups (broad SMARTS) is 1. The number of aromatic carboxylic acids is 1. The fraction of sp³-hybridized carbons (Fsp3) is 0.192.